The van der Waals surface area contributed by atoms with E-state index in [1.54, 1.807) is 60.4 Å². The Bertz CT molecular complexity index is 2180. The zero-order valence-corrected chi connectivity index (χ0v) is 34.2. The highest BCUT2D eigenvalue weighted by molar-refractivity contribution is 7.91. The number of nitrogens with one attached hydrogen (secondary N) is 4. The molecule has 58 heavy (non-hydrogen) atoms. The predicted molar refractivity (Wildman–Crippen MR) is 221 cm³/mol. The Morgan fingerprint density at radius 1 is 0.897 bits per heavy atom. The van der Waals surface area contributed by atoms with Gasteiger partial charge in [-0.3, -0.25) is 20.8 Å². The minimum Gasteiger partial charge on any atom is -0.490 e. The molecule has 15 heteroatoms. The number of alkyl carbamates (subject to hydrolysis) is 1. The van der Waals surface area contributed by atoms with Gasteiger partial charge in [0.2, 0.25) is 5.91 Å². The summed E-state index contributed by atoms with van der Waals surface area (Å²) in [6, 6.07) is 24.1. The Labute approximate surface area is 339 Å². The van der Waals surface area contributed by atoms with Gasteiger partial charge < -0.3 is 29.2 Å². The normalized spacial score (nSPS) is 14.3. The van der Waals surface area contributed by atoms with Gasteiger partial charge in [0.1, 0.15) is 18.5 Å². The number of carbonyl (C=O) groups excluding carboxylic acids is 3. The molecule has 0 saturated carbocycles. The van der Waals surface area contributed by atoms with Gasteiger partial charge in [-0.1, -0.05) is 43.3 Å². The molecule has 2 atom stereocenters. The number of carbonyl (C=O) groups is 3. The van der Waals surface area contributed by atoms with Crippen molar-refractivity contribution in [2.45, 2.75) is 76.6 Å². The van der Waals surface area contributed by atoms with E-state index in [0.717, 1.165) is 5.56 Å². The summed E-state index contributed by atoms with van der Waals surface area (Å²) < 4.78 is 49.2. The summed E-state index contributed by atoms with van der Waals surface area (Å²) in [6.45, 7) is 8.20. The van der Waals surface area contributed by atoms with Crippen LogP contribution in [0, 0.1) is 5.41 Å². The maximum Gasteiger partial charge on any atom is 0.413 e. The number of hydrogen-bond donors (Lipinski definition) is 4. The number of rotatable bonds is 16. The van der Waals surface area contributed by atoms with Crippen LogP contribution in [-0.2, 0) is 30.7 Å². The number of amidine groups is 1. The van der Waals surface area contributed by atoms with Crippen LogP contribution < -0.4 is 25.4 Å². The zero-order valence-electron chi connectivity index (χ0n) is 33.4. The predicted octanol–water partition coefficient (Wildman–Crippen LogP) is 8.00. The first-order chi connectivity index (χ1) is 27.8. The maximum atomic E-state index is 15.0. The summed E-state index contributed by atoms with van der Waals surface area (Å²) in [5.74, 6) is 0.389. The van der Waals surface area contributed by atoms with Crippen LogP contribution in [0.15, 0.2) is 95.9 Å². The summed E-state index contributed by atoms with van der Waals surface area (Å²) in [4.78, 5) is 41.3. The molecule has 4 aromatic carbocycles. The second kappa shape index (κ2) is 19.9. The van der Waals surface area contributed by atoms with Gasteiger partial charge in [0.25, 0.3) is 0 Å². The summed E-state index contributed by atoms with van der Waals surface area (Å²) in [5.41, 5.74) is 3.05. The van der Waals surface area contributed by atoms with Crippen molar-refractivity contribution < 1.29 is 41.7 Å². The number of methoxy groups -OCH3 is 1. The minimum atomic E-state index is -3.74. The highest BCUT2D eigenvalue weighted by Crippen LogP contribution is 2.40. The Balaban J connectivity index is 1.47. The summed E-state index contributed by atoms with van der Waals surface area (Å²) in [6.07, 6.45) is -0.130. The number of likely N-dealkylation sites (tertiary alicyclic amines) is 1. The molecule has 0 aliphatic carbocycles. The third-order valence-corrected chi connectivity index (χ3v) is 11.3. The second-order valence-corrected chi connectivity index (χ2v) is 16.0. The molecule has 0 aromatic heterocycles. The molecule has 3 amide bonds. The molecule has 1 aliphatic rings. The Morgan fingerprint density at radius 3 is 2.29 bits per heavy atom. The van der Waals surface area contributed by atoms with Gasteiger partial charge in [0.15, 0.2) is 21.3 Å². The molecule has 308 valence electrons. The highest BCUT2D eigenvalue weighted by atomic mass is 32.2. The number of hydrogen-bond acceptors (Lipinski definition) is 11. The minimum absolute atomic E-state index is 0.0529. The molecular formula is C43H51N5O9S. The van der Waals surface area contributed by atoms with Crippen LogP contribution in [-0.4, -0.2) is 69.4 Å². The van der Waals surface area contributed by atoms with Crippen LogP contribution in [0.5, 0.6) is 11.5 Å². The first-order valence-electron chi connectivity index (χ1n) is 19.2. The number of anilines is 2. The van der Waals surface area contributed by atoms with Gasteiger partial charge >= 0.3 is 12.2 Å². The van der Waals surface area contributed by atoms with Gasteiger partial charge in [-0.25, -0.2) is 18.0 Å². The molecule has 0 radical (unpaired) electrons. The van der Waals surface area contributed by atoms with E-state index in [1.807, 2.05) is 51.1 Å². The first-order valence-corrected chi connectivity index (χ1v) is 20.9. The van der Waals surface area contributed by atoms with Crippen molar-refractivity contribution in [1.82, 2.24) is 10.2 Å². The quantitative estimate of drug-likeness (QED) is 0.0638. The highest BCUT2D eigenvalue weighted by Gasteiger charge is 2.38. The number of benzene rings is 4. The van der Waals surface area contributed by atoms with Crippen molar-refractivity contribution in [3.63, 3.8) is 0 Å². The van der Waals surface area contributed by atoms with Crippen LogP contribution >= 0.6 is 0 Å². The van der Waals surface area contributed by atoms with Crippen molar-refractivity contribution in [2.24, 2.45) is 0 Å². The Morgan fingerprint density at radius 2 is 1.62 bits per heavy atom. The van der Waals surface area contributed by atoms with E-state index in [2.05, 4.69) is 16.0 Å². The van der Waals surface area contributed by atoms with E-state index in [-0.39, 0.29) is 35.1 Å². The van der Waals surface area contributed by atoms with Crippen LogP contribution in [0.2, 0.25) is 0 Å². The number of ether oxygens (including phenoxy) is 4. The van der Waals surface area contributed by atoms with Crippen molar-refractivity contribution in [3.8, 4) is 11.5 Å². The molecule has 14 nitrogen and oxygen atoms in total. The van der Waals surface area contributed by atoms with Crippen molar-refractivity contribution >= 4 is 45.1 Å². The van der Waals surface area contributed by atoms with E-state index in [0.29, 0.717) is 72.0 Å². The van der Waals surface area contributed by atoms with Gasteiger partial charge in [0.05, 0.1) is 36.5 Å². The summed E-state index contributed by atoms with van der Waals surface area (Å²) >= 11 is 0. The molecular weight excluding hydrogens is 763 g/mol. The lowest BCUT2D eigenvalue weighted by atomic mass is 10.0. The fourth-order valence-electron chi connectivity index (χ4n) is 6.68. The molecule has 0 unspecified atom stereocenters. The van der Waals surface area contributed by atoms with E-state index < -0.39 is 34.1 Å². The Hall–Kier alpha value is -6.09. The first kappa shape index (κ1) is 43.0. The lowest BCUT2D eigenvalue weighted by Crippen LogP contribution is -2.38. The van der Waals surface area contributed by atoms with Crippen molar-refractivity contribution in [1.29, 1.82) is 5.41 Å². The molecule has 4 aromatic rings. The number of amides is 3. The lowest BCUT2D eigenvalue weighted by molar-refractivity contribution is -0.133. The van der Waals surface area contributed by atoms with Gasteiger partial charge in [-0.05, 0) is 111 Å². The largest absolute Gasteiger partial charge is 0.490 e. The second-order valence-electron chi connectivity index (χ2n) is 13.9. The summed E-state index contributed by atoms with van der Waals surface area (Å²) in [7, 11) is -2.51. The van der Waals surface area contributed by atoms with Crippen molar-refractivity contribution in [3.05, 3.63) is 113 Å². The fraction of sp³-hybridized carbons (Fsp3) is 0.349. The molecule has 0 spiro atoms. The van der Waals surface area contributed by atoms with Crippen LogP contribution in [0.25, 0.3) is 0 Å². The topological polar surface area (TPSA) is 185 Å². The average molecular weight is 814 g/mol. The van der Waals surface area contributed by atoms with Crippen LogP contribution in [0.1, 0.15) is 81.3 Å². The third-order valence-electron chi connectivity index (χ3n) is 9.28. The fourth-order valence-corrected chi connectivity index (χ4v) is 8.27. The van der Waals surface area contributed by atoms with E-state index in [9.17, 15) is 22.8 Å². The zero-order chi connectivity index (χ0) is 41.8. The maximum absolute atomic E-state index is 15.0. The molecule has 1 fully saturated rings. The smallest absolute Gasteiger partial charge is 0.413 e. The summed E-state index contributed by atoms with van der Waals surface area (Å²) in [5, 5.41) is 16.9. The van der Waals surface area contributed by atoms with E-state index in [4.69, 9.17) is 24.4 Å². The number of nitrogens with zero attached hydrogens (tertiary/aromatic N) is 1. The number of sulfone groups is 1. The van der Waals surface area contributed by atoms with Gasteiger partial charge in [0, 0.05) is 23.5 Å². The van der Waals surface area contributed by atoms with Crippen LogP contribution in [0.4, 0.5) is 21.0 Å². The van der Waals surface area contributed by atoms with E-state index in [1.165, 1.54) is 19.2 Å². The molecule has 0 bridgehead atoms. The average Bonchev–Trinajstić information content (AvgIpc) is 3.70. The monoisotopic (exact) mass is 813 g/mol. The molecule has 1 heterocycles. The lowest BCUT2D eigenvalue weighted by Gasteiger charge is -2.32. The van der Waals surface area contributed by atoms with Gasteiger partial charge in [-0.15, -0.1) is 0 Å². The third kappa shape index (κ3) is 11.1. The van der Waals surface area contributed by atoms with Crippen LogP contribution in [0.3, 0.4) is 0 Å². The molecule has 1 aliphatic heterocycles. The SMILES string of the molecule is CCCS(=O)(=O)c1ccc(NC(=O)OC)cc1[C@H]1CCCN1C(=O)[C@H](Nc1ccc(C(=N)NC(=O)OCc2ccccc2)cc1)c1ccc(OC(C)C)c(OCC)c1. The Kier molecular flexibility index (Phi) is 14.7. The molecule has 1 saturated heterocycles. The molecule has 5 rings (SSSR count). The standard InChI is InChI=1S/C43H51N5O9S/c1-6-24-58(52,53)38-22-20-33(46-42(50)54-5)26-34(38)35-14-11-23-48(35)41(49)39(31-17-21-36(57-28(3)4)37(25-31)55-7-2)45-32-18-15-30(16-19-32)40(44)47-43(51)56-27-29-12-9-8-10-13-29/h8-10,12-13,15-22,25-26,28,35,39,45H,6-7,11,14,23-24,27H2,1-5H3,(H,46,50)(H2,44,47,51)/t35-,39-/m1/s1. The van der Waals surface area contributed by atoms with Crippen molar-refractivity contribution in [2.75, 3.05) is 36.6 Å². The molecule has 4 N–H and O–H groups in total. The van der Waals surface area contributed by atoms with E-state index >= 15 is 0 Å². The van der Waals surface area contributed by atoms with Gasteiger partial charge in [-0.2, -0.15) is 0 Å².